The summed E-state index contributed by atoms with van der Waals surface area (Å²) >= 11 is 2.41. The van der Waals surface area contributed by atoms with E-state index in [1.807, 2.05) is 48.5 Å². The highest BCUT2D eigenvalue weighted by atomic mass is 32.2. The number of carbonyl (C=O) groups is 2. The number of carbonyl (C=O) groups excluding carboxylic acids is 2. The fraction of sp³-hybridized carbons (Fsp3) is 0.0909. The zero-order valence-electron chi connectivity index (χ0n) is 17.5. The van der Waals surface area contributed by atoms with Crippen LogP contribution >= 0.6 is 23.1 Å². The number of rotatable bonds is 8. The van der Waals surface area contributed by atoms with Crippen molar-refractivity contribution in [1.29, 1.82) is 0 Å². The van der Waals surface area contributed by atoms with Crippen LogP contribution in [0.1, 0.15) is 10.4 Å². The molecule has 0 spiro atoms. The predicted octanol–water partition coefficient (Wildman–Crippen LogP) is 3.23. The number of amides is 2. The predicted molar refractivity (Wildman–Crippen MR) is 130 cm³/mol. The first kappa shape index (κ1) is 22.4. The van der Waals surface area contributed by atoms with Crippen LogP contribution in [0.15, 0.2) is 65.8 Å². The van der Waals surface area contributed by atoms with Crippen molar-refractivity contribution in [3.05, 3.63) is 66.2 Å². The number of anilines is 1. The number of nitrogen functional groups attached to an aromatic ring is 1. The van der Waals surface area contributed by atoms with Gasteiger partial charge in [0.05, 0.1) is 24.0 Å². The second-order valence-corrected chi connectivity index (χ2v) is 8.79. The Bertz CT molecular complexity index is 1300. The second-order valence-electron chi connectivity index (χ2n) is 6.80. The summed E-state index contributed by atoms with van der Waals surface area (Å²) in [7, 11) is 1.56. The van der Waals surface area contributed by atoms with Gasteiger partial charge in [0.2, 0.25) is 11.1 Å². The van der Waals surface area contributed by atoms with Gasteiger partial charge >= 0.3 is 0 Å². The lowest BCUT2D eigenvalue weighted by atomic mass is 10.1. The van der Waals surface area contributed by atoms with Crippen LogP contribution in [0.3, 0.4) is 0 Å². The normalized spacial score (nSPS) is 10.7. The van der Waals surface area contributed by atoms with E-state index in [0.29, 0.717) is 27.3 Å². The molecule has 2 aromatic heterocycles. The van der Waals surface area contributed by atoms with E-state index in [1.165, 1.54) is 16.0 Å². The van der Waals surface area contributed by atoms with Crippen LogP contribution in [0.5, 0.6) is 5.75 Å². The van der Waals surface area contributed by atoms with Gasteiger partial charge in [0.1, 0.15) is 10.8 Å². The summed E-state index contributed by atoms with van der Waals surface area (Å²) < 4.78 is 6.66. The third-order valence-corrected chi connectivity index (χ3v) is 6.70. The summed E-state index contributed by atoms with van der Waals surface area (Å²) in [5.74, 6) is 6.25. The number of ether oxygens (including phenoxy) is 1. The molecular weight excluding hydrogens is 460 g/mol. The molecule has 0 aliphatic rings. The number of nitrogens with one attached hydrogen (secondary N) is 1. The van der Waals surface area contributed by atoms with E-state index in [2.05, 4.69) is 15.5 Å². The highest BCUT2D eigenvalue weighted by molar-refractivity contribution is 7.99. The van der Waals surface area contributed by atoms with Gasteiger partial charge in [-0.3, -0.25) is 9.59 Å². The minimum absolute atomic E-state index is 0.0119. The Balaban J connectivity index is 1.47. The number of aromatic nitrogens is 3. The topological polar surface area (TPSA) is 138 Å². The van der Waals surface area contributed by atoms with Gasteiger partial charge in [-0.1, -0.05) is 54.2 Å². The maximum absolute atomic E-state index is 12.6. The van der Waals surface area contributed by atoms with Crippen molar-refractivity contribution < 1.29 is 14.3 Å². The molecule has 0 aliphatic carbocycles. The fourth-order valence-corrected chi connectivity index (χ4v) is 4.83. The molecule has 4 rings (SSSR count). The highest BCUT2D eigenvalue weighted by Crippen LogP contribution is 2.35. The smallest absolute Gasteiger partial charge is 0.251 e. The molecule has 0 atom stereocenters. The molecule has 5 N–H and O–H groups in total. The molecule has 0 aliphatic heterocycles. The maximum atomic E-state index is 12.6. The van der Waals surface area contributed by atoms with Gasteiger partial charge < -0.3 is 21.6 Å². The summed E-state index contributed by atoms with van der Waals surface area (Å²) in [4.78, 5) is 25.3. The van der Waals surface area contributed by atoms with Crippen molar-refractivity contribution in [3.63, 3.8) is 0 Å². The zero-order valence-corrected chi connectivity index (χ0v) is 19.2. The Kier molecular flexibility index (Phi) is 6.61. The Labute approximate surface area is 197 Å². The molecule has 0 unspecified atom stereocenters. The number of thioether (sulfide) groups is 1. The van der Waals surface area contributed by atoms with Crippen LogP contribution in [0, 0.1) is 0 Å². The SMILES string of the molecule is COc1ccccc1-c1nnc(SCC(=O)Nc2sc(-c3ccccc3)cc2C(N)=O)n1N. The zero-order chi connectivity index (χ0) is 23.4. The summed E-state index contributed by atoms with van der Waals surface area (Å²) in [5, 5.41) is 11.7. The first-order chi connectivity index (χ1) is 16.0. The van der Waals surface area contributed by atoms with E-state index < -0.39 is 5.91 Å². The monoisotopic (exact) mass is 480 g/mol. The van der Waals surface area contributed by atoms with Crippen LogP contribution in [0.4, 0.5) is 5.00 Å². The van der Waals surface area contributed by atoms with Gasteiger partial charge in [0, 0.05) is 4.88 Å². The summed E-state index contributed by atoms with van der Waals surface area (Å²) in [5.41, 5.74) is 7.39. The Morgan fingerprint density at radius 3 is 2.58 bits per heavy atom. The lowest BCUT2D eigenvalue weighted by Crippen LogP contribution is -2.18. The second kappa shape index (κ2) is 9.76. The van der Waals surface area contributed by atoms with E-state index in [4.69, 9.17) is 16.3 Å². The molecule has 4 aromatic rings. The van der Waals surface area contributed by atoms with E-state index in [-0.39, 0.29) is 17.2 Å². The van der Waals surface area contributed by atoms with Crippen LogP contribution in [0.25, 0.3) is 21.8 Å². The number of nitrogens with zero attached hydrogens (tertiary/aromatic N) is 3. The Hall–Kier alpha value is -3.83. The number of hydrogen-bond donors (Lipinski definition) is 3. The molecule has 2 amide bonds. The molecule has 0 fully saturated rings. The molecule has 33 heavy (non-hydrogen) atoms. The first-order valence-corrected chi connectivity index (χ1v) is 11.5. The van der Waals surface area contributed by atoms with E-state index >= 15 is 0 Å². The number of hydrogen-bond acceptors (Lipinski definition) is 8. The van der Waals surface area contributed by atoms with Crippen molar-refractivity contribution in [2.75, 3.05) is 24.0 Å². The number of primary amides is 1. The van der Waals surface area contributed by atoms with Crippen molar-refractivity contribution in [1.82, 2.24) is 14.9 Å². The van der Waals surface area contributed by atoms with Crippen LogP contribution < -0.4 is 21.6 Å². The lowest BCUT2D eigenvalue weighted by molar-refractivity contribution is -0.113. The molecule has 0 saturated heterocycles. The van der Waals surface area contributed by atoms with Gasteiger partial charge in [0.15, 0.2) is 5.82 Å². The lowest BCUT2D eigenvalue weighted by Gasteiger charge is -2.08. The van der Waals surface area contributed by atoms with E-state index in [9.17, 15) is 9.59 Å². The maximum Gasteiger partial charge on any atom is 0.251 e. The standard InChI is InChI=1S/C22H20N6O3S2/c1-31-16-10-6-5-9-14(16)20-26-27-22(28(20)24)32-12-18(29)25-21-15(19(23)30)11-17(33-21)13-7-3-2-4-8-13/h2-11H,12,24H2,1H3,(H2,23,30)(H,25,29). The van der Waals surface area contributed by atoms with Gasteiger partial charge in [-0.05, 0) is 23.8 Å². The van der Waals surface area contributed by atoms with Gasteiger partial charge in [-0.15, -0.1) is 21.5 Å². The molecular formula is C22H20N6O3S2. The summed E-state index contributed by atoms with van der Waals surface area (Å²) in [6, 6.07) is 18.5. The van der Waals surface area contributed by atoms with Crippen LogP contribution in [-0.2, 0) is 4.79 Å². The Morgan fingerprint density at radius 1 is 1.12 bits per heavy atom. The number of nitrogens with two attached hydrogens (primary N) is 2. The van der Waals surface area contributed by atoms with Crippen LogP contribution in [-0.4, -0.2) is 39.6 Å². The van der Waals surface area contributed by atoms with Crippen molar-refractivity contribution >= 4 is 39.9 Å². The summed E-state index contributed by atoms with van der Waals surface area (Å²) in [6.07, 6.45) is 0. The summed E-state index contributed by atoms with van der Waals surface area (Å²) in [6.45, 7) is 0. The van der Waals surface area contributed by atoms with Gasteiger partial charge in [-0.25, -0.2) is 4.68 Å². The minimum atomic E-state index is -0.612. The molecule has 2 heterocycles. The molecule has 0 bridgehead atoms. The molecule has 0 saturated carbocycles. The third kappa shape index (κ3) is 4.83. The quantitative estimate of drug-likeness (QED) is 0.260. The molecule has 2 aromatic carbocycles. The van der Waals surface area contributed by atoms with E-state index in [0.717, 1.165) is 22.2 Å². The van der Waals surface area contributed by atoms with Crippen molar-refractivity contribution in [2.24, 2.45) is 5.73 Å². The number of benzene rings is 2. The van der Waals surface area contributed by atoms with Gasteiger partial charge in [0.25, 0.3) is 5.91 Å². The van der Waals surface area contributed by atoms with E-state index in [1.54, 1.807) is 19.2 Å². The average molecular weight is 481 g/mol. The molecule has 0 radical (unpaired) electrons. The fourth-order valence-electron chi connectivity index (χ4n) is 3.09. The van der Waals surface area contributed by atoms with Crippen molar-refractivity contribution in [2.45, 2.75) is 5.16 Å². The van der Waals surface area contributed by atoms with Crippen molar-refractivity contribution in [3.8, 4) is 27.6 Å². The molecule has 168 valence electrons. The third-order valence-electron chi connectivity index (χ3n) is 4.65. The number of thiophene rings is 1. The number of methoxy groups -OCH3 is 1. The average Bonchev–Trinajstić information content (AvgIpc) is 3.42. The van der Waals surface area contributed by atoms with Gasteiger partial charge in [-0.2, -0.15) is 0 Å². The largest absolute Gasteiger partial charge is 0.496 e. The highest BCUT2D eigenvalue weighted by Gasteiger charge is 2.19. The minimum Gasteiger partial charge on any atom is -0.496 e. The first-order valence-electron chi connectivity index (χ1n) is 9.73. The molecule has 11 heteroatoms. The van der Waals surface area contributed by atoms with Crippen LogP contribution in [0.2, 0.25) is 0 Å². The molecule has 9 nitrogen and oxygen atoms in total. The Morgan fingerprint density at radius 2 is 1.85 bits per heavy atom. The number of para-hydroxylation sites is 1.